The monoisotopic (exact) mass is 309 g/mol. The van der Waals surface area contributed by atoms with Gasteiger partial charge >= 0.3 is 0 Å². The number of aromatic nitrogens is 1. The van der Waals surface area contributed by atoms with E-state index in [9.17, 15) is 4.79 Å². The number of hydrogen-bond donors (Lipinski definition) is 2. The Morgan fingerprint density at radius 1 is 1.25 bits per heavy atom. The van der Waals surface area contributed by atoms with Crippen LogP contribution in [0.25, 0.3) is 0 Å². The van der Waals surface area contributed by atoms with E-state index in [0.717, 1.165) is 5.56 Å². The van der Waals surface area contributed by atoms with Gasteiger partial charge in [-0.25, -0.2) is 0 Å². The molecule has 2 N–H and O–H groups in total. The fraction of sp³-hybridized carbons (Fsp3) is 0.143. The first-order chi connectivity index (χ1) is 9.65. The quantitative estimate of drug-likeness (QED) is 0.892. The molecular formula is C14H13Cl2N3O. The molecule has 1 aromatic heterocycles. The van der Waals surface area contributed by atoms with E-state index in [4.69, 9.17) is 23.2 Å². The number of halogens is 2. The molecule has 0 spiro atoms. The number of benzene rings is 1. The molecule has 0 bridgehead atoms. The first-order valence-electron chi connectivity index (χ1n) is 5.99. The van der Waals surface area contributed by atoms with Gasteiger partial charge in [0.05, 0.1) is 17.3 Å². The summed E-state index contributed by atoms with van der Waals surface area (Å²) < 4.78 is 0. The molecule has 0 unspecified atom stereocenters. The van der Waals surface area contributed by atoms with Crippen LogP contribution in [0.1, 0.15) is 5.56 Å². The molecule has 0 atom stereocenters. The van der Waals surface area contributed by atoms with Crippen molar-refractivity contribution in [1.29, 1.82) is 0 Å². The first-order valence-corrected chi connectivity index (χ1v) is 6.75. The number of amides is 1. The van der Waals surface area contributed by atoms with Gasteiger partial charge < -0.3 is 10.6 Å². The van der Waals surface area contributed by atoms with E-state index in [-0.39, 0.29) is 12.5 Å². The summed E-state index contributed by atoms with van der Waals surface area (Å²) in [7, 11) is 0. The lowest BCUT2D eigenvalue weighted by atomic mass is 10.3. The van der Waals surface area contributed by atoms with Crippen molar-refractivity contribution in [2.24, 2.45) is 0 Å². The second kappa shape index (κ2) is 7.24. The van der Waals surface area contributed by atoms with Crippen LogP contribution in [0.5, 0.6) is 0 Å². The second-order valence-electron chi connectivity index (χ2n) is 4.14. The van der Waals surface area contributed by atoms with E-state index in [2.05, 4.69) is 15.6 Å². The van der Waals surface area contributed by atoms with Gasteiger partial charge in [-0.1, -0.05) is 29.3 Å². The summed E-state index contributed by atoms with van der Waals surface area (Å²) in [6.45, 7) is 0.767. The predicted octanol–water partition coefficient (Wildman–Crippen LogP) is 3.12. The number of nitrogens with zero attached hydrogens (tertiary/aromatic N) is 1. The molecular weight excluding hydrogens is 297 g/mol. The van der Waals surface area contributed by atoms with Crippen LogP contribution in [-0.2, 0) is 11.3 Å². The Hall–Kier alpha value is -1.62. The number of carbonyl (C=O) groups excluding carboxylic acids is 1. The molecule has 20 heavy (non-hydrogen) atoms. The van der Waals surface area contributed by atoms with Crippen molar-refractivity contribution in [3.63, 3.8) is 0 Å². The average molecular weight is 310 g/mol. The van der Waals surface area contributed by atoms with Gasteiger partial charge in [0, 0.05) is 24.0 Å². The molecule has 0 saturated heterocycles. The maximum Gasteiger partial charge on any atom is 0.238 e. The zero-order valence-electron chi connectivity index (χ0n) is 10.6. The molecule has 0 aliphatic carbocycles. The molecule has 0 saturated carbocycles. The van der Waals surface area contributed by atoms with Gasteiger partial charge in [-0.15, -0.1) is 0 Å². The number of nitrogens with one attached hydrogen (secondary N) is 2. The summed E-state index contributed by atoms with van der Waals surface area (Å²) in [6, 6.07) is 8.72. The summed E-state index contributed by atoms with van der Waals surface area (Å²) in [6.07, 6.45) is 3.46. The molecule has 0 aliphatic rings. The van der Waals surface area contributed by atoms with Crippen LogP contribution in [0.4, 0.5) is 5.69 Å². The lowest BCUT2D eigenvalue weighted by Crippen LogP contribution is -2.27. The van der Waals surface area contributed by atoms with Crippen LogP contribution in [0.3, 0.4) is 0 Å². The van der Waals surface area contributed by atoms with Crippen LogP contribution in [-0.4, -0.2) is 17.4 Å². The van der Waals surface area contributed by atoms with Crippen molar-refractivity contribution in [3.8, 4) is 0 Å². The minimum Gasteiger partial charge on any atom is -0.324 e. The minimum absolute atomic E-state index is 0.168. The smallest absolute Gasteiger partial charge is 0.238 e. The Kier molecular flexibility index (Phi) is 5.35. The Bertz CT molecular complexity index is 590. The van der Waals surface area contributed by atoms with E-state index < -0.39 is 0 Å². The molecule has 0 radical (unpaired) electrons. The third-order valence-corrected chi connectivity index (χ3v) is 3.09. The van der Waals surface area contributed by atoms with Gasteiger partial charge in [0.2, 0.25) is 5.91 Å². The fourth-order valence-corrected chi connectivity index (χ4v) is 2.06. The Balaban J connectivity index is 1.81. The fourth-order valence-electron chi connectivity index (χ4n) is 1.61. The molecule has 0 fully saturated rings. The summed E-state index contributed by atoms with van der Waals surface area (Å²) in [5.74, 6) is -0.168. The van der Waals surface area contributed by atoms with Gasteiger partial charge in [0.25, 0.3) is 0 Å². The molecule has 0 aliphatic heterocycles. The molecule has 1 aromatic carbocycles. The predicted molar refractivity (Wildman–Crippen MR) is 81.0 cm³/mol. The van der Waals surface area contributed by atoms with E-state index in [1.165, 1.54) is 0 Å². The Morgan fingerprint density at radius 3 is 2.80 bits per heavy atom. The van der Waals surface area contributed by atoms with Gasteiger partial charge in [0.15, 0.2) is 0 Å². The lowest BCUT2D eigenvalue weighted by Gasteiger charge is -2.08. The number of rotatable bonds is 5. The Morgan fingerprint density at radius 2 is 2.10 bits per heavy atom. The van der Waals surface area contributed by atoms with Crippen LogP contribution in [0.2, 0.25) is 10.0 Å². The van der Waals surface area contributed by atoms with Gasteiger partial charge in [-0.2, -0.15) is 0 Å². The highest BCUT2D eigenvalue weighted by atomic mass is 35.5. The number of hydrogen-bond acceptors (Lipinski definition) is 3. The highest BCUT2D eigenvalue weighted by molar-refractivity contribution is 6.36. The van der Waals surface area contributed by atoms with E-state index in [0.29, 0.717) is 22.3 Å². The van der Waals surface area contributed by atoms with Crippen molar-refractivity contribution in [1.82, 2.24) is 10.3 Å². The zero-order valence-corrected chi connectivity index (χ0v) is 12.1. The van der Waals surface area contributed by atoms with Gasteiger partial charge in [0.1, 0.15) is 0 Å². The minimum atomic E-state index is -0.168. The summed E-state index contributed by atoms with van der Waals surface area (Å²) in [4.78, 5) is 15.8. The number of carbonyl (C=O) groups is 1. The third kappa shape index (κ3) is 4.49. The molecule has 4 nitrogen and oxygen atoms in total. The summed E-state index contributed by atoms with van der Waals surface area (Å²) in [5.41, 5.74) is 1.56. The van der Waals surface area contributed by atoms with Crippen molar-refractivity contribution >= 4 is 34.8 Å². The molecule has 2 rings (SSSR count). The van der Waals surface area contributed by atoms with Crippen molar-refractivity contribution in [3.05, 3.63) is 58.3 Å². The highest BCUT2D eigenvalue weighted by Crippen LogP contribution is 2.25. The molecule has 104 valence electrons. The maximum absolute atomic E-state index is 11.8. The van der Waals surface area contributed by atoms with E-state index >= 15 is 0 Å². The largest absolute Gasteiger partial charge is 0.324 e. The van der Waals surface area contributed by atoms with E-state index in [1.807, 2.05) is 12.1 Å². The van der Waals surface area contributed by atoms with Crippen molar-refractivity contribution in [2.45, 2.75) is 6.54 Å². The van der Waals surface area contributed by atoms with Crippen LogP contribution < -0.4 is 10.6 Å². The topological polar surface area (TPSA) is 54.0 Å². The van der Waals surface area contributed by atoms with Crippen LogP contribution in [0.15, 0.2) is 42.7 Å². The lowest BCUT2D eigenvalue weighted by molar-refractivity contribution is -0.115. The van der Waals surface area contributed by atoms with Gasteiger partial charge in [-0.3, -0.25) is 9.78 Å². The third-order valence-electron chi connectivity index (χ3n) is 2.54. The zero-order chi connectivity index (χ0) is 14.4. The SMILES string of the molecule is O=C(CNCc1cccnc1)Nc1ccc(Cl)cc1Cl. The standard InChI is InChI=1S/C14H13Cl2N3O/c15-11-3-4-13(12(16)6-11)19-14(20)9-18-8-10-2-1-5-17-7-10/h1-7,18H,8-9H2,(H,19,20). The van der Waals surface area contributed by atoms with Crippen molar-refractivity contribution in [2.75, 3.05) is 11.9 Å². The molecule has 6 heteroatoms. The normalized spacial score (nSPS) is 10.3. The summed E-state index contributed by atoms with van der Waals surface area (Å²) >= 11 is 11.8. The van der Waals surface area contributed by atoms with Crippen LogP contribution in [0, 0.1) is 0 Å². The number of anilines is 1. The Labute approximate surface area is 127 Å². The second-order valence-corrected chi connectivity index (χ2v) is 4.98. The van der Waals surface area contributed by atoms with Gasteiger partial charge in [-0.05, 0) is 29.8 Å². The number of pyridine rings is 1. The van der Waals surface area contributed by atoms with Crippen LogP contribution >= 0.6 is 23.2 Å². The van der Waals surface area contributed by atoms with E-state index in [1.54, 1.807) is 30.6 Å². The van der Waals surface area contributed by atoms with Crippen molar-refractivity contribution < 1.29 is 4.79 Å². The highest BCUT2D eigenvalue weighted by Gasteiger charge is 2.06. The summed E-state index contributed by atoms with van der Waals surface area (Å²) in [5, 5.41) is 6.69. The molecule has 2 aromatic rings. The first kappa shape index (κ1) is 14.8. The maximum atomic E-state index is 11.8. The molecule has 1 heterocycles. The molecule has 1 amide bonds. The average Bonchev–Trinajstić information content (AvgIpc) is 2.43.